The first kappa shape index (κ1) is 18.7. The van der Waals surface area contributed by atoms with Gasteiger partial charge < -0.3 is 10.2 Å². The first-order chi connectivity index (χ1) is 13.5. The molecule has 1 aliphatic carbocycles. The maximum atomic E-state index is 14.0. The highest BCUT2D eigenvalue weighted by atomic mass is 32.2. The van der Waals surface area contributed by atoms with Gasteiger partial charge in [-0.15, -0.1) is 0 Å². The van der Waals surface area contributed by atoms with E-state index >= 15 is 0 Å². The second kappa shape index (κ2) is 7.80. The Hall–Kier alpha value is -2.60. The molecule has 6 heteroatoms. The quantitative estimate of drug-likeness (QED) is 0.771. The molecule has 28 heavy (non-hydrogen) atoms. The molecule has 2 aliphatic rings. The molecule has 4 nitrogen and oxygen atoms in total. The molecule has 0 saturated heterocycles. The summed E-state index contributed by atoms with van der Waals surface area (Å²) in [6, 6.07) is 12.0. The summed E-state index contributed by atoms with van der Waals surface area (Å²) >= 11 is 1.30. The molecule has 0 bridgehead atoms. The number of thioether (sulfide) groups is 1. The Labute approximate surface area is 167 Å². The minimum absolute atomic E-state index is 0.103. The maximum Gasteiger partial charge on any atom is 0.264 e. The van der Waals surface area contributed by atoms with Gasteiger partial charge in [-0.1, -0.05) is 42.8 Å². The van der Waals surface area contributed by atoms with Gasteiger partial charge in [-0.25, -0.2) is 4.39 Å². The van der Waals surface area contributed by atoms with Crippen LogP contribution in [-0.4, -0.2) is 24.9 Å². The van der Waals surface area contributed by atoms with E-state index in [1.54, 1.807) is 43.5 Å². The molecule has 2 aromatic rings. The van der Waals surface area contributed by atoms with Crippen LogP contribution in [0.4, 0.5) is 10.1 Å². The van der Waals surface area contributed by atoms with Crippen LogP contribution in [0.2, 0.25) is 0 Å². The van der Waals surface area contributed by atoms with Gasteiger partial charge in [0.05, 0.1) is 10.6 Å². The number of carbonyl (C=O) groups excluding carboxylic acids is 2. The standard InChI is InChI=1S/C22H21FN2O2S/c1-25-18-12-15(21(26)24-16-7-3-4-8-16)10-11-19(18)28-20(22(25)27)13-14-6-2-5-9-17(14)23/h2,5-6,9-13,16H,3-4,7-8H2,1H3,(H,24,26)/b20-13-. The highest BCUT2D eigenvalue weighted by molar-refractivity contribution is 8.04. The predicted octanol–water partition coefficient (Wildman–Crippen LogP) is 4.61. The number of anilines is 1. The Morgan fingerprint density at radius 1 is 1.21 bits per heavy atom. The fraction of sp³-hybridized carbons (Fsp3) is 0.273. The molecule has 0 atom stereocenters. The number of hydrogen-bond donors (Lipinski definition) is 1. The number of benzene rings is 2. The summed E-state index contributed by atoms with van der Waals surface area (Å²) in [6.45, 7) is 0. The molecule has 0 radical (unpaired) electrons. The van der Waals surface area contributed by atoms with Crippen LogP contribution in [0.1, 0.15) is 41.6 Å². The number of carbonyl (C=O) groups is 2. The summed E-state index contributed by atoms with van der Waals surface area (Å²) in [7, 11) is 1.68. The average molecular weight is 396 g/mol. The second-order valence-electron chi connectivity index (χ2n) is 7.13. The van der Waals surface area contributed by atoms with E-state index in [1.807, 2.05) is 6.07 Å². The van der Waals surface area contributed by atoms with E-state index < -0.39 is 0 Å². The number of nitrogens with one attached hydrogen (secondary N) is 1. The molecular weight excluding hydrogens is 375 g/mol. The highest BCUT2D eigenvalue weighted by Gasteiger charge is 2.28. The lowest BCUT2D eigenvalue weighted by Gasteiger charge is -2.27. The van der Waals surface area contributed by atoms with Crippen LogP contribution in [0.15, 0.2) is 52.3 Å². The Kier molecular flexibility index (Phi) is 5.22. The fourth-order valence-electron chi connectivity index (χ4n) is 3.61. The van der Waals surface area contributed by atoms with Gasteiger partial charge in [-0.3, -0.25) is 9.59 Å². The van der Waals surface area contributed by atoms with Crippen LogP contribution in [0.3, 0.4) is 0 Å². The first-order valence-electron chi connectivity index (χ1n) is 9.40. The topological polar surface area (TPSA) is 49.4 Å². The summed E-state index contributed by atoms with van der Waals surface area (Å²) in [5, 5.41) is 3.07. The van der Waals surface area contributed by atoms with Gasteiger partial charge in [-0.05, 0) is 43.2 Å². The SMILES string of the molecule is CN1C(=O)/C(=C/c2ccccc2F)Sc2ccc(C(=O)NC3CCCC3)cc21. The molecule has 144 valence electrons. The third-order valence-corrected chi connectivity index (χ3v) is 6.28. The molecule has 2 amide bonds. The molecule has 4 rings (SSSR count). The Balaban J connectivity index is 1.60. The monoisotopic (exact) mass is 396 g/mol. The largest absolute Gasteiger partial charge is 0.349 e. The number of rotatable bonds is 3. The normalized spacial score (nSPS) is 18.4. The molecule has 0 unspecified atom stereocenters. The van der Waals surface area contributed by atoms with E-state index in [0.29, 0.717) is 21.7 Å². The number of fused-ring (bicyclic) bond motifs is 1. The second-order valence-corrected chi connectivity index (χ2v) is 8.22. The van der Waals surface area contributed by atoms with Crippen molar-refractivity contribution in [1.82, 2.24) is 5.32 Å². The van der Waals surface area contributed by atoms with E-state index in [1.165, 1.54) is 22.7 Å². The average Bonchev–Trinajstić information content (AvgIpc) is 3.20. The van der Waals surface area contributed by atoms with Crippen molar-refractivity contribution in [2.24, 2.45) is 0 Å². The van der Waals surface area contributed by atoms with Crippen LogP contribution in [0.25, 0.3) is 6.08 Å². The van der Waals surface area contributed by atoms with Crippen molar-refractivity contribution in [3.63, 3.8) is 0 Å². The van der Waals surface area contributed by atoms with Crippen molar-refractivity contribution in [1.29, 1.82) is 0 Å². The lowest BCUT2D eigenvalue weighted by molar-refractivity contribution is -0.114. The summed E-state index contributed by atoms with van der Waals surface area (Å²) in [5.41, 5.74) is 1.62. The van der Waals surface area contributed by atoms with Crippen molar-refractivity contribution in [3.8, 4) is 0 Å². The van der Waals surface area contributed by atoms with E-state index in [0.717, 1.165) is 30.6 Å². The van der Waals surface area contributed by atoms with Crippen molar-refractivity contribution in [3.05, 3.63) is 64.3 Å². The van der Waals surface area contributed by atoms with E-state index in [-0.39, 0.29) is 23.7 Å². The smallest absolute Gasteiger partial charge is 0.264 e. The molecule has 0 spiro atoms. The minimum atomic E-state index is -0.365. The van der Waals surface area contributed by atoms with Crippen molar-refractivity contribution >= 4 is 35.3 Å². The number of likely N-dealkylation sites (N-methyl/N-ethyl adjacent to an activating group) is 1. The van der Waals surface area contributed by atoms with Crippen LogP contribution < -0.4 is 10.2 Å². The Bertz CT molecular complexity index is 967. The Morgan fingerprint density at radius 2 is 1.96 bits per heavy atom. The van der Waals surface area contributed by atoms with Gasteiger partial charge >= 0.3 is 0 Å². The molecule has 1 heterocycles. The van der Waals surface area contributed by atoms with E-state index in [2.05, 4.69) is 5.32 Å². The molecule has 0 aromatic heterocycles. The Morgan fingerprint density at radius 3 is 2.71 bits per heavy atom. The zero-order chi connectivity index (χ0) is 19.7. The van der Waals surface area contributed by atoms with Gasteiger partial charge in [0.1, 0.15) is 5.82 Å². The minimum Gasteiger partial charge on any atom is -0.349 e. The van der Waals surface area contributed by atoms with Gasteiger partial charge in [0.25, 0.3) is 11.8 Å². The molecule has 1 fully saturated rings. The number of halogens is 1. The molecule has 1 saturated carbocycles. The summed E-state index contributed by atoms with van der Waals surface area (Å²) < 4.78 is 14.0. The van der Waals surface area contributed by atoms with Crippen LogP contribution in [0, 0.1) is 5.82 Å². The van der Waals surface area contributed by atoms with Gasteiger partial charge in [0.2, 0.25) is 0 Å². The highest BCUT2D eigenvalue weighted by Crippen LogP contribution is 2.42. The van der Waals surface area contributed by atoms with Crippen LogP contribution in [0.5, 0.6) is 0 Å². The number of hydrogen-bond acceptors (Lipinski definition) is 3. The summed E-state index contributed by atoms with van der Waals surface area (Å²) in [4.78, 5) is 28.1. The van der Waals surface area contributed by atoms with Crippen LogP contribution >= 0.6 is 11.8 Å². The van der Waals surface area contributed by atoms with Crippen LogP contribution in [-0.2, 0) is 4.79 Å². The third kappa shape index (κ3) is 3.69. The zero-order valence-corrected chi connectivity index (χ0v) is 16.4. The fourth-order valence-corrected chi connectivity index (χ4v) is 4.69. The van der Waals surface area contributed by atoms with E-state index in [9.17, 15) is 14.0 Å². The predicted molar refractivity (Wildman–Crippen MR) is 110 cm³/mol. The van der Waals surface area contributed by atoms with Crippen molar-refractivity contribution in [2.45, 2.75) is 36.6 Å². The van der Waals surface area contributed by atoms with Gasteiger partial charge in [0.15, 0.2) is 0 Å². The maximum absolute atomic E-state index is 14.0. The first-order valence-corrected chi connectivity index (χ1v) is 10.2. The zero-order valence-electron chi connectivity index (χ0n) is 15.6. The number of amides is 2. The molecule has 1 aliphatic heterocycles. The van der Waals surface area contributed by atoms with Crippen molar-refractivity contribution < 1.29 is 14.0 Å². The lowest BCUT2D eigenvalue weighted by Crippen LogP contribution is -2.33. The summed E-state index contributed by atoms with van der Waals surface area (Å²) in [5.74, 6) is -0.682. The molecular formula is C22H21FN2O2S. The molecule has 2 aromatic carbocycles. The number of nitrogens with zero attached hydrogens (tertiary/aromatic N) is 1. The lowest BCUT2D eigenvalue weighted by atomic mass is 10.1. The van der Waals surface area contributed by atoms with Crippen molar-refractivity contribution in [2.75, 3.05) is 11.9 Å². The van der Waals surface area contributed by atoms with E-state index in [4.69, 9.17) is 0 Å². The molecule has 1 N–H and O–H groups in total. The van der Waals surface area contributed by atoms with Gasteiger partial charge in [0, 0.05) is 29.1 Å². The summed E-state index contributed by atoms with van der Waals surface area (Å²) in [6.07, 6.45) is 5.92. The third-order valence-electron chi connectivity index (χ3n) is 5.20. The van der Waals surface area contributed by atoms with Gasteiger partial charge in [-0.2, -0.15) is 0 Å².